The molecule has 1 amide bonds. The lowest BCUT2D eigenvalue weighted by Crippen LogP contribution is -2.39. The Morgan fingerprint density at radius 1 is 1.35 bits per heavy atom. The van der Waals surface area contributed by atoms with E-state index in [0.717, 1.165) is 25.9 Å². The Morgan fingerprint density at radius 2 is 2.10 bits per heavy atom. The molecular formula is C13H18N4O3. The molecule has 0 atom stereocenters. The minimum atomic E-state index is -0.257. The molecule has 20 heavy (non-hydrogen) atoms. The number of nitrogens with zero attached hydrogens (tertiary/aromatic N) is 3. The van der Waals surface area contributed by atoms with Gasteiger partial charge >= 0.3 is 0 Å². The smallest absolute Gasteiger partial charge is 0.267 e. The predicted molar refractivity (Wildman–Crippen MR) is 72.7 cm³/mol. The summed E-state index contributed by atoms with van der Waals surface area (Å²) in [5, 5.41) is 7.13. The van der Waals surface area contributed by atoms with E-state index < -0.39 is 0 Å². The zero-order chi connectivity index (χ0) is 13.9. The molecule has 0 unspecified atom stereocenters. The summed E-state index contributed by atoms with van der Waals surface area (Å²) >= 11 is 0. The van der Waals surface area contributed by atoms with E-state index in [4.69, 9.17) is 4.74 Å². The Kier molecular flexibility index (Phi) is 3.68. The van der Waals surface area contributed by atoms with Crippen molar-refractivity contribution in [3.05, 3.63) is 22.5 Å². The zero-order valence-corrected chi connectivity index (χ0v) is 11.2. The molecule has 2 aliphatic rings. The summed E-state index contributed by atoms with van der Waals surface area (Å²) in [5.41, 5.74) is -0.257. The van der Waals surface area contributed by atoms with Crippen LogP contribution in [0.1, 0.15) is 12.8 Å². The molecule has 1 aliphatic carbocycles. The van der Waals surface area contributed by atoms with Gasteiger partial charge in [-0.25, -0.2) is 4.68 Å². The van der Waals surface area contributed by atoms with Gasteiger partial charge in [0.2, 0.25) is 5.91 Å². The van der Waals surface area contributed by atoms with Gasteiger partial charge in [-0.1, -0.05) is 0 Å². The first kappa shape index (κ1) is 13.1. The van der Waals surface area contributed by atoms with Crippen molar-refractivity contribution in [1.29, 1.82) is 0 Å². The van der Waals surface area contributed by atoms with E-state index in [1.807, 2.05) is 0 Å². The Balaban J connectivity index is 1.71. The third-order valence-electron chi connectivity index (χ3n) is 3.42. The monoisotopic (exact) mass is 278 g/mol. The van der Waals surface area contributed by atoms with Crippen molar-refractivity contribution in [3.8, 4) is 0 Å². The van der Waals surface area contributed by atoms with E-state index in [1.165, 1.54) is 10.7 Å². The number of nitrogens with one attached hydrogen (secondary N) is 1. The maximum atomic E-state index is 11.8. The number of morpholine rings is 1. The molecule has 2 fully saturated rings. The van der Waals surface area contributed by atoms with Crippen LogP contribution in [-0.4, -0.2) is 48.0 Å². The fraction of sp³-hybridized carbons (Fsp3) is 0.615. The number of hydrogen-bond donors (Lipinski definition) is 1. The van der Waals surface area contributed by atoms with Gasteiger partial charge in [-0.05, 0) is 18.9 Å². The molecule has 1 saturated heterocycles. The van der Waals surface area contributed by atoms with Crippen molar-refractivity contribution in [2.24, 2.45) is 0 Å². The SMILES string of the molecule is O=C(Cn1nc(N2CCOCC2)ccc1=O)NC1CC1. The highest BCUT2D eigenvalue weighted by Crippen LogP contribution is 2.18. The number of ether oxygens (including phenoxy) is 1. The molecule has 108 valence electrons. The second-order valence-corrected chi connectivity index (χ2v) is 5.13. The minimum absolute atomic E-state index is 0.0203. The van der Waals surface area contributed by atoms with Crippen molar-refractivity contribution in [3.63, 3.8) is 0 Å². The number of anilines is 1. The van der Waals surface area contributed by atoms with Crippen molar-refractivity contribution in [1.82, 2.24) is 15.1 Å². The van der Waals surface area contributed by atoms with Crippen LogP contribution in [-0.2, 0) is 16.1 Å². The van der Waals surface area contributed by atoms with Gasteiger partial charge in [0, 0.05) is 25.2 Å². The van der Waals surface area contributed by atoms with Gasteiger partial charge in [-0.2, -0.15) is 5.10 Å². The van der Waals surface area contributed by atoms with Gasteiger partial charge in [0.1, 0.15) is 12.4 Å². The van der Waals surface area contributed by atoms with Gasteiger partial charge in [-0.3, -0.25) is 9.59 Å². The van der Waals surface area contributed by atoms with Crippen molar-refractivity contribution in [2.45, 2.75) is 25.4 Å². The first-order valence-corrected chi connectivity index (χ1v) is 6.92. The van der Waals surface area contributed by atoms with Crippen LogP contribution in [0.15, 0.2) is 16.9 Å². The van der Waals surface area contributed by atoms with Gasteiger partial charge in [0.15, 0.2) is 0 Å². The molecule has 7 heteroatoms. The lowest BCUT2D eigenvalue weighted by atomic mass is 10.4. The molecule has 0 aromatic carbocycles. The molecular weight excluding hydrogens is 260 g/mol. The van der Waals surface area contributed by atoms with E-state index in [2.05, 4.69) is 15.3 Å². The Morgan fingerprint density at radius 3 is 2.80 bits per heavy atom. The van der Waals surface area contributed by atoms with Gasteiger partial charge < -0.3 is 15.0 Å². The summed E-state index contributed by atoms with van der Waals surface area (Å²) in [7, 11) is 0. The normalized spacial score (nSPS) is 18.9. The third kappa shape index (κ3) is 3.16. The lowest BCUT2D eigenvalue weighted by molar-refractivity contribution is -0.122. The van der Waals surface area contributed by atoms with E-state index >= 15 is 0 Å². The van der Waals surface area contributed by atoms with Crippen LogP contribution in [0, 0.1) is 0 Å². The summed E-state index contributed by atoms with van der Waals surface area (Å²) < 4.78 is 6.51. The maximum absolute atomic E-state index is 11.8. The fourth-order valence-corrected chi connectivity index (χ4v) is 2.15. The average Bonchev–Trinajstić information content (AvgIpc) is 3.26. The molecule has 0 bridgehead atoms. The van der Waals surface area contributed by atoms with Crippen LogP contribution in [0.25, 0.3) is 0 Å². The van der Waals surface area contributed by atoms with Crippen LogP contribution in [0.5, 0.6) is 0 Å². The second-order valence-electron chi connectivity index (χ2n) is 5.13. The topological polar surface area (TPSA) is 76.5 Å². The highest BCUT2D eigenvalue weighted by atomic mass is 16.5. The molecule has 1 saturated carbocycles. The maximum Gasteiger partial charge on any atom is 0.267 e. The van der Waals surface area contributed by atoms with Crippen molar-refractivity contribution >= 4 is 11.7 Å². The number of aromatic nitrogens is 2. The van der Waals surface area contributed by atoms with Crippen LogP contribution in [0.2, 0.25) is 0 Å². The first-order valence-electron chi connectivity index (χ1n) is 6.92. The lowest BCUT2D eigenvalue weighted by Gasteiger charge is -2.27. The number of carbonyl (C=O) groups is 1. The van der Waals surface area contributed by atoms with Crippen LogP contribution < -0.4 is 15.8 Å². The summed E-state index contributed by atoms with van der Waals surface area (Å²) in [6.07, 6.45) is 2.06. The van der Waals surface area contributed by atoms with Crippen molar-refractivity contribution < 1.29 is 9.53 Å². The second kappa shape index (κ2) is 5.62. The zero-order valence-electron chi connectivity index (χ0n) is 11.2. The summed E-state index contributed by atoms with van der Waals surface area (Å²) in [6, 6.07) is 3.45. The van der Waals surface area contributed by atoms with E-state index in [0.29, 0.717) is 25.1 Å². The highest BCUT2D eigenvalue weighted by Gasteiger charge is 2.23. The fourth-order valence-electron chi connectivity index (χ4n) is 2.15. The molecule has 3 rings (SSSR count). The Labute approximate surface area is 116 Å². The van der Waals surface area contributed by atoms with E-state index in [1.54, 1.807) is 6.07 Å². The molecule has 2 heterocycles. The molecule has 0 spiro atoms. The first-order chi connectivity index (χ1) is 9.72. The van der Waals surface area contributed by atoms with Gasteiger partial charge in [0.05, 0.1) is 13.2 Å². The number of hydrogen-bond acceptors (Lipinski definition) is 5. The molecule has 1 aromatic heterocycles. The van der Waals surface area contributed by atoms with Crippen molar-refractivity contribution in [2.75, 3.05) is 31.2 Å². The average molecular weight is 278 g/mol. The molecule has 1 aromatic rings. The highest BCUT2D eigenvalue weighted by molar-refractivity contribution is 5.76. The largest absolute Gasteiger partial charge is 0.378 e. The number of amides is 1. The number of rotatable bonds is 4. The Hall–Kier alpha value is -1.89. The predicted octanol–water partition coefficient (Wildman–Crippen LogP) is -0.641. The summed E-state index contributed by atoms with van der Waals surface area (Å²) in [6.45, 7) is 2.79. The molecule has 1 N–H and O–H groups in total. The van der Waals surface area contributed by atoms with Crippen LogP contribution in [0.3, 0.4) is 0 Å². The minimum Gasteiger partial charge on any atom is -0.378 e. The van der Waals surface area contributed by atoms with Crippen LogP contribution in [0.4, 0.5) is 5.82 Å². The van der Waals surface area contributed by atoms with E-state index in [9.17, 15) is 9.59 Å². The number of carbonyl (C=O) groups excluding carboxylic acids is 1. The summed E-state index contributed by atoms with van der Waals surface area (Å²) in [4.78, 5) is 25.6. The third-order valence-corrected chi connectivity index (χ3v) is 3.42. The Bertz CT molecular complexity index is 547. The van der Waals surface area contributed by atoms with E-state index in [-0.39, 0.29) is 18.0 Å². The standard InChI is InChI=1S/C13H18N4O3/c18-12(14-10-1-2-10)9-17-13(19)4-3-11(15-17)16-5-7-20-8-6-16/h3-4,10H,1-2,5-9H2,(H,14,18). The van der Waals surface area contributed by atoms with Gasteiger partial charge in [0.25, 0.3) is 5.56 Å². The van der Waals surface area contributed by atoms with Crippen LogP contribution >= 0.6 is 0 Å². The molecule has 0 radical (unpaired) electrons. The summed E-state index contributed by atoms with van der Waals surface area (Å²) in [5.74, 6) is 0.563. The van der Waals surface area contributed by atoms with Gasteiger partial charge in [-0.15, -0.1) is 0 Å². The quantitative estimate of drug-likeness (QED) is 0.792. The molecule has 1 aliphatic heterocycles. The molecule has 7 nitrogen and oxygen atoms in total.